The summed E-state index contributed by atoms with van der Waals surface area (Å²) in [6.45, 7) is 3.15. The summed E-state index contributed by atoms with van der Waals surface area (Å²) in [6.07, 6.45) is 4.01. The first kappa shape index (κ1) is 17.8. The lowest BCUT2D eigenvalue weighted by Crippen LogP contribution is -2.33. The number of nitrogens with two attached hydrogens (primary N) is 1. The monoisotopic (exact) mass is 311 g/mol. The van der Waals surface area contributed by atoms with Crippen LogP contribution < -0.4 is 11.1 Å². The second-order valence-corrected chi connectivity index (χ2v) is 5.81. The number of halogens is 1. The zero-order valence-corrected chi connectivity index (χ0v) is 13.5. The van der Waals surface area contributed by atoms with E-state index in [9.17, 15) is 4.79 Å². The molecule has 1 aliphatic rings. The number of piperidine rings is 1. The second-order valence-electron chi connectivity index (χ2n) is 5.81. The molecule has 0 unspecified atom stereocenters. The molecule has 1 saturated heterocycles. The Labute approximate surface area is 133 Å². The predicted octanol–water partition coefficient (Wildman–Crippen LogP) is 2.08. The highest BCUT2D eigenvalue weighted by Crippen LogP contribution is 2.18. The van der Waals surface area contributed by atoms with Crippen molar-refractivity contribution < 1.29 is 4.79 Å². The number of carbonyl (C=O) groups excluding carboxylic acids is 1. The molecule has 0 saturated carbocycles. The first-order valence-electron chi connectivity index (χ1n) is 7.43. The van der Waals surface area contributed by atoms with Crippen LogP contribution in [0, 0.1) is 5.92 Å². The molecule has 0 spiro atoms. The summed E-state index contributed by atoms with van der Waals surface area (Å²) in [4.78, 5) is 14.2. The number of nitrogen functional groups attached to an aromatic ring is 1. The van der Waals surface area contributed by atoms with E-state index in [0.717, 1.165) is 24.4 Å². The van der Waals surface area contributed by atoms with Gasteiger partial charge in [-0.25, -0.2) is 0 Å². The van der Waals surface area contributed by atoms with Crippen molar-refractivity contribution in [3.8, 4) is 0 Å². The molecule has 0 aromatic heterocycles. The van der Waals surface area contributed by atoms with Crippen LogP contribution in [-0.2, 0) is 11.2 Å². The summed E-state index contributed by atoms with van der Waals surface area (Å²) >= 11 is 0. The van der Waals surface area contributed by atoms with Gasteiger partial charge in [0.2, 0.25) is 5.91 Å². The van der Waals surface area contributed by atoms with Crippen LogP contribution in [0.2, 0.25) is 0 Å². The number of hydrogen-bond acceptors (Lipinski definition) is 3. The molecule has 118 valence electrons. The van der Waals surface area contributed by atoms with E-state index in [1.807, 2.05) is 24.3 Å². The second kappa shape index (κ2) is 8.90. The summed E-state index contributed by atoms with van der Waals surface area (Å²) in [5.74, 6) is 0.849. The molecule has 1 fully saturated rings. The molecule has 0 bridgehead atoms. The lowest BCUT2D eigenvalue weighted by atomic mass is 9.94. The minimum Gasteiger partial charge on any atom is -0.399 e. The van der Waals surface area contributed by atoms with E-state index in [1.165, 1.54) is 25.9 Å². The Hall–Kier alpha value is -1.26. The van der Waals surface area contributed by atoms with Crippen molar-refractivity contribution in [2.24, 2.45) is 5.92 Å². The van der Waals surface area contributed by atoms with Crippen molar-refractivity contribution >= 4 is 24.0 Å². The van der Waals surface area contributed by atoms with Gasteiger partial charge in [-0.1, -0.05) is 12.1 Å². The van der Waals surface area contributed by atoms with Gasteiger partial charge in [-0.15, -0.1) is 12.4 Å². The largest absolute Gasteiger partial charge is 0.399 e. The summed E-state index contributed by atoms with van der Waals surface area (Å²) in [7, 11) is 2.17. The molecular formula is C16H26ClN3O. The Bertz CT molecular complexity index is 445. The third kappa shape index (κ3) is 6.36. The normalized spacial score (nSPS) is 16.2. The maximum Gasteiger partial charge on any atom is 0.224 e. The third-order valence-corrected chi connectivity index (χ3v) is 4.03. The topological polar surface area (TPSA) is 58.4 Å². The van der Waals surface area contributed by atoms with Crippen molar-refractivity contribution in [2.45, 2.75) is 25.7 Å². The number of benzene rings is 1. The summed E-state index contributed by atoms with van der Waals surface area (Å²) in [5.41, 5.74) is 7.39. The van der Waals surface area contributed by atoms with Crippen LogP contribution in [0.1, 0.15) is 24.8 Å². The molecule has 1 aromatic carbocycles. The van der Waals surface area contributed by atoms with E-state index < -0.39 is 0 Å². The lowest BCUT2D eigenvalue weighted by molar-refractivity contribution is -0.120. The van der Waals surface area contributed by atoms with E-state index in [2.05, 4.69) is 17.3 Å². The fourth-order valence-corrected chi connectivity index (χ4v) is 2.72. The smallest absolute Gasteiger partial charge is 0.224 e. The number of nitrogens with zero attached hydrogens (tertiary/aromatic N) is 1. The number of carbonyl (C=O) groups is 1. The molecule has 0 aliphatic carbocycles. The molecule has 4 nitrogen and oxygen atoms in total. The maximum atomic E-state index is 11.9. The van der Waals surface area contributed by atoms with E-state index in [0.29, 0.717) is 12.1 Å². The first-order valence-corrected chi connectivity index (χ1v) is 7.43. The van der Waals surface area contributed by atoms with E-state index in [4.69, 9.17) is 5.73 Å². The molecule has 1 aromatic rings. The van der Waals surface area contributed by atoms with E-state index in [1.54, 1.807) is 0 Å². The van der Waals surface area contributed by atoms with Crippen LogP contribution in [0.25, 0.3) is 0 Å². The van der Waals surface area contributed by atoms with Crippen molar-refractivity contribution in [3.05, 3.63) is 29.8 Å². The van der Waals surface area contributed by atoms with Gasteiger partial charge in [-0.2, -0.15) is 0 Å². The Morgan fingerprint density at radius 2 is 2.10 bits per heavy atom. The summed E-state index contributed by atoms with van der Waals surface area (Å²) in [6, 6.07) is 7.52. The molecule has 1 heterocycles. The summed E-state index contributed by atoms with van der Waals surface area (Å²) < 4.78 is 0. The molecule has 21 heavy (non-hydrogen) atoms. The Morgan fingerprint density at radius 1 is 1.38 bits per heavy atom. The van der Waals surface area contributed by atoms with Crippen LogP contribution in [0.4, 0.5) is 5.69 Å². The Kier molecular flexibility index (Phi) is 7.54. The number of nitrogens with one attached hydrogen (secondary N) is 1. The average Bonchev–Trinajstić information content (AvgIpc) is 2.41. The number of hydrogen-bond donors (Lipinski definition) is 2. The van der Waals surface area contributed by atoms with E-state index >= 15 is 0 Å². The van der Waals surface area contributed by atoms with Crippen LogP contribution in [0.15, 0.2) is 24.3 Å². The molecule has 5 heteroatoms. The lowest BCUT2D eigenvalue weighted by Gasteiger charge is -2.28. The molecule has 1 amide bonds. The minimum atomic E-state index is 0. The van der Waals surface area contributed by atoms with Gasteiger partial charge in [-0.05, 0) is 63.0 Å². The standard InChI is InChI=1S/C16H25N3O.ClH/c1-19-9-6-13(7-10-19)5-8-18-16(20)12-14-3-2-4-15(17)11-14;/h2-4,11,13H,5-10,12,17H2,1H3,(H,18,20);1H. The van der Waals surface area contributed by atoms with E-state index in [-0.39, 0.29) is 18.3 Å². The van der Waals surface area contributed by atoms with Gasteiger partial charge in [0.25, 0.3) is 0 Å². The third-order valence-electron chi connectivity index (χ3n) is 4.03. The molecule has 3 N–H and O–H groups in total. The fourth-order valence-electron chi connectivity index (χ4n) is 2.72. The van der Waals surface area contributed by atoms with Crippen LogP contribution in [0.5, 0.6) is 0 Å². The van der Waals surface area contributed by atoms with Gasteiger partial charge < -0.3 is 16.0 Å². The van der Waals surface area contributed by atoms with Gasteiger partial charge in [0, 0.05) is 12.2 Å². The highest BCUT2D eigenvalue weighted by Gasteiger charge is 2.16. The number of amides is 1. The fraction of sp³-hybridized carbons (Fsp3) is 0.562. The van der Waals surface area contributed by atoms with Crippen LogP contribution >= 0.6 is 12.4 Å². The first-order chi connectivity index (χ1) is 9.63. The molecular weight excluding hydrogens is 286 g/mol. The highest BCUT2D eigenvalue weighted by molar-refractivity contribution is 5.85. The molecule has 0 radical (unpaired) electrons. The Morgan fingerprint density at radius 3 is 2.76 bits per heavy atom. The van der Waals surface area contributed by atoms with Crippen molar-refractivity contribution in [1.29, 1.82) is 0 Å². The summed E-state index contributed by atoms with van der Waals surface area (Å²) in [5, 5.41) is 3.02. The van der Waals surface area contributed by atoms with Gasteiger partial charge in [0.1, 0.15) is 0 Å². The molecule has 1 aliphatic heterocycles. The van der Waals surface area contributed by atoms with Gasteiger partial charge >= 0.3 is 0 Å². The van der Waals surface area contributed by atoms with Crippen LogP contribution in [-0.4, -0.2) is 37.5 Å². The quantitative estimate of drug-likeness (QED) is 0.819. The average molecular weight is 312 g/mol. The van der Waals surface area contributed by atoms with Gasteiger partial charge in [-0.3, -0.25) is 4.79 Å². The molecule has 0 atom stereocenters. The minimum absolute atomic E-state index is 0. The van der Waals surface area contributed by atoms with Gasteiger partial charge in [0.15, 0.2) is 0 Å². The van der Waals surface area contributed by atoms with Gasteiger partial charge in [0.05, 0.1) is 6.42 Å². The number of rotatable bonds is 5. The van der Waals surface area contributed by atoms with Crippen LogP contribution in [0.3, 0.4) is 0 Å². The highest BCUT2D eigenvalue weighted by atomic mass is 35.5. The Balaban J connectivity index is 0.00000220. The zero-order valence-electron chi connectivity index (χ0n) is 12.7. The SMILES string of the molecule is CN1CCC(CCNC(=O)Cc2cccc(N)c2)CC1.Cl. The zero-order chi connectivity index (χ0) is 14.4. The molecule has 2 rings (SSSR count). The van der Waals surface area contributed by atoms with Crippen molar-refractivity contribution in [2.75, 3.05) is 32.4 Å². The predicted molar refractivity (Wildman–Crippen MR) is 89.7 cm³/mol. The van der Waals surface area contributed by atoms with Crippen molar-refractivity contribution in [3.63, 3.8) is 0 Å². The number of anilines is 1. The number of likely N-dealkylation sites (tertiary alicyclic amines) is 1. The van der Waals surface area contributed by atoms with Crippen molar-refractivity contribution in [1.82, 2.24) is 10.2 Å². The maximum absolute atomic E-state index is 11.9.